The number of nitrogens with one attached hydrogen (secondary N) is 2. The molecule has 0 saturated heterocycles. The van der Waals surface area contributed by atoms with E-state index in [0.29, 0.717) is 47.5 Å². The Hall–Kier alpha value is -3.07. The van der Waals surface area contributed by atoms with Gasteiger partial charge in [0.05, 0.1) is 25.4 Å². The van der Waals surface area contributed by atoms with Crippen molar-refractivity contribution < 1.29 is 28.2 Å². The minimum absolute atomic E-state index is 0.225. The lowest BCUT2D eigenvalue weighted by molar-refractivity contribution is -0.139. The molecule has 2 N–H and O–H groups in total. The van der Waals surface area contributed by atoms with Crippen molar-refractivity contribution >= 4 is 23.8 Å². The monoisotopic (exact) mass is 444 g/mol. The number of carbonyl (C=O) groups excluding carboxylic acids is 2. The van der Waals surface area contributed by atoms with E-state index in [-0.39, 0.29) is 6.61 Å². The highest BCUT2D eigenvalue weighted by Gasteiger charge is 2.35. The summed E-state index contributed by atoms with van der Waals surface area (Å²) in [6, 6.07) is 8.13. The smallest absolute Gasteiger partial charge is 0.338 e. The number of urea groups is 1. The minimum Gasteiger partial charge on any atom is -0.490 e. The molecule has 1 atom stereocenters. The Morgan fingerprint density at radius 2 is 2.00 bits per heavy atom. The number of amides is 2. The van der Waals surface area contributed by atoms with Crippen LogP contribution >= 0.6 is 11.8 Å². The quantitative estimate of drug-likeness (QED) is 0.518. The first-order chi connectivity index (χ1) is 15.0. The predicted octanol–water partition coefficient (Wildman–Crippen LogP) is 3.71. The van der Waals surface area contributed by atoms with Crippen LogP contribution in [0.15, 0.2) is 50.9 Å². The second-order valence-electron chi connectivity index (χ2n) is 7.04. The van der Waals surface area contributed by atoms with Gasteiger partial charge < -0.3 is 29.3 Å². The topological polar surface area (TPSA) is 99.0 Å². The molecule has 1 aromatic heterocycles. The summed E-state index contributed by atoms with van der Waals surface area (Å²) in [5.74, 6) is 2.44. The predicted molar refractivity (Wildman–Crippen MR) is 114 cm³/mol. The minimum atomic E-state index is -0.721. The van der Waals surface area contributed by atoms with Gasteiger partial charge in [-0.15, -0.1) is 11.8 Å². The maximum Gasteiger partial charge on any atom is 0.338 e. The number of furan rings is 1. The molecule has 0 spiro atoms. The van der Waals surface area contributed by atoms with Crippen molar-refractivity contribution in [2.45, 2.75) is 31.2 Å². The number of hydrogen-bond donors (Lipinski definition) is 2. The average molecular weight is 445 g/mol. The molecule has 2 amide bonds. The van der Waals surface area contributed by atoms with Gasteiger partial charge in [0, 0.05) is 22.8 Å². The lowest BCUT2D eigenvalue weighted by Gasteiger charge is -2.27. The number of benzene rings is 1. The molecule has 1 unspecified atom stereocenters. The number of hydrogen-bond acceptors (Lipinski definition) is 7. The molecule has 0 saturated carbocycles. The number of rotatable bonds is 6. The zero-order valence-corrected chi connectivity index (χ0v) is 18.2. The lowest BCUT2D eigenvalue weighted by Crippen LogP contribution is -2.46. The molecular weight excluding hydrogens is 420 g/mol. The molecule has 0 bridgehead atoms. The van der Waals surface area contributed by atoms with Crippen LogP contribution in [-0.2, 0) is 9.53 Å². The van der Waals surface area contributed by atoms with Crippen LogP contribution in [0.2, 0.25) is 0 Å². The highest BCUT2D eigenvalue weighted by Crippen LogP contribution is 2.36. The maximum absolute atomic E-state index is 12.8. The van der Waals surface area contributed by atoms with Crippen LogP contribution in [-0.4, -0.2) is 37.6 Å². The van der Waals surface area contributed by atoms with E-state index >= 15 is 0 Å². The SMILES string of the molecule is CCOC(=O)C1=C(CSc2ccc3c(c2)OCCCO3)NC(=O)NC1c1ccc(C)o1. The number of esters is 1. The van der Waals surface area contributed by atoms with Crippen LogP contribution in [0.3, 0.4) is 0 Å². The Bertz CT molecular complexity index is 1020. The molecular formula is C22H24N2O6S. The Morgan fingerprint density at radius 3 is 2.74 bits per heavy atom. The van der Waals surface area contributed by atoms with Crippen LogP contribution in [0.1, 0.15) is 30.9 Å². The van der Waals surface area contributed by atoms with Gasteiger partial charge in [-0.2, -0.15) is 0 Å². The largest absolute Gasteiger partial charge is 0.490 e. The highest BCUT2D eigenvalue weighted by molar-refractivity contribution is 7.99. The van der Waals surface area contributed by atoms with Gasteiger partial charge in [0.25, 0.3) is 0 Å². The molecule has 164 valence electrons. The fourth-order valence-corrected chi connectivity index (χ4v) is 4.29. The first-order valence-corrected chi connectivity index (χ1v) is 11.1. The first-order valence-electron chi connectivity index (χ1n) is 10.1. The van der Waals surface area contributed by atoms with Crippen molar-refractivity contribution in [1.29, 1.82) is 0 Å². The summed E-state index contributed by atoms with van der Waals surface area (Å²) in [6.45, 7) is 5.00. The normalized spacial score (nSPS) is 18.1. The third-order valence-electron chi connectivity index (χ3n) is 4.80. The fourth-order valence-electron chi connectivity index (χ4n) is 3.39. The number of ether oxygens (including phenoxy) is 3. The van der Waals surface area contributed by atoms with Crippen molar-refractivity contribution in [2.75, 3.05) is 25.6 Å². The van der Waals surface area contributed by atoms with Crippen LogP contribution in [0.5, 0.6) is 11.5 Å². The molecule has 31 heavy (non-hydrogen) atoms. The molecule has 0 aliphatic carbocycles. The summed E-state index contributed by atoms with van der Waals surface area (Å²) in [5, 5.41) is 5.53. The van der Waals surface area contributed by atoms with E-state index in [4.69, 9.17) is 18.6 Å². The van der Waals surface area contributed by atoms with E-state index in [2.05, 4.69) is 10.6 Å². The van der Waals surface area contributed by atoms with E-state index in [1.165, 1.54) is 11.8 Å². The summed E-state index contributed by atoms with van der Waals surface area (Å²) >= 11 is 1.48. The van der Waals surface area contributed by atoms with E-state index in [1.807, 2.05) is 18.2 Å². The van der Waals surface area contributed by atoms with Crippen molar-refractivity contribution in [1.82, 2.24) is 10.6 Å². The number of fused-ring (bicyclic) bond motifs is 1. The van der Waals surface area contributed by atoms with Crippen molar-refractivity contribution in [2.24, 2.45) is 0 Å². The molecule has 9 heteroatoms. The van der Waals surface area contributed by atoms with E-state index < -0.39 is 18.0 Å². The zero-order valence-electron chi connectivity index (χ0n) is 17.4. The van der Waals surface area contributed by atoms with Crippen LogP contribution < -0.4 is 20.1 Å². The Balaban J connectivity index is 1.62. The molecule has 0 fully saturated rings. The number of thioether (sulfide) groups is 1. The summed E-state index contributed by atoms with van der Waals surface area (Å²) in [4.78, 5) is 26.1. The summed E-state index contributed by atoms with van der Waals surface area (Å²) < 4.78 is 22.4. The molecule has 2 aliphatic rings. The maximum atomic E-state index is 12.8. The second-order valence-corrected chi connectivity index (χ2v) is 8.09. The Labute approximate surface area is 184 Å². The fraction of sp³-hybridized carbons (Fsp3) is 0.364. The van der Waals surface area contributed by atoms with Gasteiger partial charge in [0.1, 0.15) is 17.6 Å². The van der Waals surface area contributed by atoms with Gasteiger partial charge in [0.2, 0.25) is 0 Å². The molecule has 4 rings (SSSR count). The summed E-state index contributed by atoms with van der Waals surface area (Å²) in [5.41, 5.74) is 0.816. The van der Waals surface area contributed by atoms with Crippen molar-refractivity contribution in [3.63, 3.8) is 0 Å². The average Bonchev–Trinajstić information content (AvgIpc) is 3.05. The summed E-state index contributed by atoms with van der Waals surface area (Å²) in [7, 11) is 0. The summed E-state index contributed by atoms with van der Waals surface area (Å²) in [6.07, 6.45) is 0.833. The van der Waals surface area contributed by atoms with Gasteiger partial charge in [-0.05, 0) is 44.2 Å². The third-order valence-corrected chi connectivity index (χ3v) is 5.82. The molecule has 0 radical (unpaired) electrons. The van der Waals surface area contributed by atoms with Gasteiger partial charge in [-0.1, -0.05) is 0 Å². The number of carbonyl (C=O) groups is 2. The van der Waals surface area contributed by atoms with Gasteiger partial charge in [0.15, 0.2) is 11.5 Å². The van der Waals surface area contributed by atoms with Crippen LogP contribution in [0.25, 0.3) is 0 Å². The molecule has 8 nitrogen and oxygen atoms in total. The van der Waals surface area contributed by atoms with Gasteiger partial charge in [-0.25, -0.2) is 9.59 Å². The molecule has 2 aliphatic heterocycles. The second kappa shape index (κ2) is 9.38. The lowest BCUT2D eigenvalue weighted by atomic mass is 10.0. The zero-order chi connectivity index (χ0) is 21.8. The first kappa shape index (κ1) is 21.2. The van der Waals surface area contributed by atoms with Crippen molar-refractivity contribution in [3.05, 3.63) is 53.1 Å². The molecule has 1 aromatic carbocycles. The standard InChI is InChI=1S/C22H24N2O6S/c1-3-27-21(25)19-15(23-22(26)24-20(19)17-7-5-13(2)30-17)12-31-14-6-8-16-18(11-14)29-10-4-9-28-16/h5-8,11,20H,3-4,9-10,12H2,1-2H3,(H2,23,24,26). The molecule has 3 heterocycles. The van der Waals surface area contributed by atoms with E-state index in [1.54, 1.807) is 26.0 Å². The Kier molecular flexibility index (Phi) is 6.41. The Morgan fingerprint density at radius 1 is 1.19 bits per heavy atom. The number of aryl methyl sites for hydroxylation is 1. The van der Waals surface area contributed by atoms with Crippen molar-refractivity contribution in [3.8, 4) is 11.5 Å². The van der Waals surface area contributed by atoms with Crippen LogP contribution in [0.4, 0.5) is 4.79 Å². The van der Waals surface area contributed by atoms with E-state index in [9.17, 15) is 9.59 Å². The van der Waals surface area contributed by atoms with Gasteiger partial charge >= 0.3 is 12.0 Å². The van der Waals surface area contributed by atoms with Gasteiger partial charge in [-0.3, -0.25) is 0 Å². The van der Waals surface area contributed by atoms with E-state index in [0.717, 1.165) is 17.1 Å². The molecule has 2 aromatic rings. The van der Waals surface area contributed by atoms with Crippen LogP contribution in [0, 0.1) is 6.92 Å². The highest BCUT2D eigenvalue weighted by atomic mass is 32.2. The third kappa shape index (κ3) is 4.82.